The van der Waals surface area contributed by atoms with Gasteiger partial charge in [0.1, 0.15) is 5.82 Å². The number of fused-ring (bicyclic) bond motifs is 1. The molecule has 0 fully saturated rings. The lowest BCUT2D eigenvalue weighted by Crippen LogP contribution is -2.10. The maximum absolute atomic E-state index is 13.4. The highest BCUT2D eigenvalue weighted by molar-refractivity contribution is 5.99. The second-order valence-electron chi connectivity index (χ2n) is 4.83. The van der Waals surface area contributed by atoms with E-state index in [9.17, 15) is 9.65 Å². The second kappa shape index (κ2) is 5.26. The number of halogens is 1. The zero-order valence-electron chi connectivity index (χ0n) is 11.5. The fourth-order valence-electron chi connectivity index (χ4n) is 2.50. The minimum atomic E-state index is -0.266. The van der Waals surface area contributed by atoms with E-state index < -0.39 is 0 Å². The highest BCUT2D eigenvalue weighted by Gasteiger charge is 2.10. The van der Waals surface area contributed by atoms with E-state index in [0.29, 0.717) is 5.56 Å². The van der Waals surface area contributed by atoms with Crippen LogP contribution in [0.3, 0.4) is 0 Å². The molecule has 0 unspecified atom stereocenters. The molecule has 3 rings (SSSR count). The molecule has 3 aromatic carbocycles. The maximum Gasteiger partial charge on any atom is 0.125 e. The van der Waals surface area contributed by atoms with Crippen LogP contribution < -0.4 is 4.90 Å². The van der Waals surface area contributed by atoms with E-state index >= 15 is 0 Å². The Balaban J connectivity index is 2.19. The molecule has 0 amide bonds. The van der Waals surface area contributed by atoms with Crippen LogP contribution in [0.1, 0.15) is 5.56 Å². The third kappa shape index (κ3) is 2.32. The van der Waals surface area contributed by atoms with Gasteiger partial charge in [-0.05, 0) is 30.3 Å². The quantitative estimate of drug-likeness (QED) is 0.683. The molecule has 0 saturated carbocycles. The van der Waals surface area contributed by atoms with Gasteiger partial charge in [0.25, 0.3) is 0 Å². The molecule has 0 aliphatic heterocycles. The van der Waals surface area contributed by atoms with Gasteiger partial charge in [-0.1, -0.05) is 30.3 Å². The maximum atomic E-state index is 13.4. The van der Waals surface area contributed by atoms with E-state index in [2.05, 4.69) is 6.07 Å². The molecular weight excluding hydrogens is 263 g/mol. The van der Waals surface area contributed by atoms with Gasteiger partial charge in [0.15, 0.2) is 0 Å². The van der Waals surface area contributed by atoms with Gasteiger partial charge in [-0.3, -0.25) is 0 Å². The normalized spacial score (nSPS) is 10.3. The molecule has 3 heteroatoms. The molecule has 0 aliphatic rings. The van der Waals surface area contributed by atoms with Crippen molar-refractivity contribution >= 4 is 22.1 Å². The minimum Gasteiger partial charge on any atom is -0.344 e. The van der Waals surface area contributed by atoms with Gasteiger partial charge in [-0.2, -0.15) is 5.26 Å². The van der Waals surface area contributed by atoms with E-state index in [1.165, 1.54) is 12.1 Å². The summed E-state index contributed by atoms with van der Waals surface area (Å²) in [5, 5.41) is 11.1. The molecule has 3 aromatic rings. The first-order valence-corrected chi connectivity index (χ1v) is 6.62. The third-order valence-corrected chi connectivity index (χ3v) is 3.58. The van der Waals surface area contributed by atoms with Crippen LogP contribution in [0.2, 0.25) is 0 Å². The van der Waals surface area contributed by atoms with E-state index in [1.54, 1.807) is 12.1 Å². The summed E-state index contributed by atoms with van der Waals surface area (Å²) in [7, 11) is 1.89. The molecule has 0 bridgehead atoms. The molecule has 0 atom stereocenters. The van der Waals surface area contributed by atoms with Crippen LogP contribution in [-0.2, 0) is 0 Å². The molecular formula is C18H13FN2. The Morgan fingerprint density at radius 3 is 2.43 bits per heavy atom. The van der Waals surface area contributed by atoms with Crippen LogP contribution in [0.5, 0.6) is 0 Å². The Morgan fingerprint density at radius 2 is 1.71 bits per heavy atom. The van der Waals surface area contributed by atoms with Crippen LogP contribution >= 0.6 is 0 Å². The van der Waals surface area contributed by atoms with Crippen LogP contribution in [-0.4, -0.2) is 7.05 Å². The zero-order valence-corrected chi connectivity index (χ0v) is 11.5. The summed E-state index contributed by atoms with van der Waals surface area (Å²) in [4.78, 5) is 1.92. The number of benzene rings is 3. The Morgan fingerprint density at radius 1 is 0.952 bits per heavy atom. The summed E-state index contributed by atoms with van der Waals surface area (Å²) in [5.41, 5.74) is 2.35. The summed E-state index contributed by atoms with van der Waals surface area (Å²) < 4.78 is 13.4. The van der Waals surface area contributed by atoms with Crippen molar-refractivity contribution in [1.82, 2.24) is 0 Å². The minimum absolute atomic E-state index is 0.266. The fraction of sp³-hybridized carbons (Fsp3) is 0.0556. The van der Waals surface area contributed by atoms with Crippen molar-refractivity contribution in [2.24, 2.45) is 0 Å². The molecule has 0 spiro atoms. The summed E-state index contributed by atoms with van der Waals surface area (Å²) in [6.07, 6.45) is 0. The fourth-order valence-corrected chi connectivity index (χ4v) is 2.50. The number of nitrogens with zero attached hydrogens (tertiary/aromatic N) is 2. The Hall–Kier alpha value is -2.86. The highest BCUT2D eigenvalue weighted by atomic mass is 19.1. The largest absolute Gasteiger partial charge is 0.344 e. The first-order valence-electron chi connectivity index (χ1n) is 6.62. The van der Waals surface area contributed by atoms with Gasteiger partial charge in [0.05, 0.1) is 11.6 Å². The smallest absolute Gasteiger partial charge is 0.125 e. The van der Waals surface area contributed by atoms with Crippen molar-refractivity contribution in [2.45, 2.75) is 0 Å². The van der Waals surface area contributed by atoms with Crippen molar-refractivity contribution in [1.29, 1.82) is 5.26 Å². The first-order chi connectivity index (χ1) is 10.2. The monoisotopic (exact) mass is 276 g/mol. The van der Waals surface area contributed by atoms with Crippen LogP contribution in [0.4, 0.5) is 15.8 Å². The molecule has 0 aromatic heterocycles. The molecule has 0 heterocycles. The van der Waals surface area contributed by atoms with Crippen LogP contribution in [0, 0.1) is 17.1 Å². The molecule has 2 nitrogen and oxygen atoms in total. The number of nitriles is 1. The van der Waals surface area contributed by atoms with Gasteiger partial charge in [0.2, 0.25) is 0 Å². The summed E-state index contributed by atoms with van der Waals surface area (Å²) in [5.74, 6) is -0.266. The van der Waals surface area contributed by atoms with Crippen molar-refractivity contribution in [3.63, 3.8) is 0 Å². The molecule has 0 aliphatic carbocycles. The number of hydrogen-bond acceptors (Lipinski definition) is 2. The molecule has 0 radical (unpaired) electrons. The summed E-state index contributed by atoms with van der Waals surface area (Å²) >= 11 is 0. The predicted octanol–water partition coefficient (Wildman–Crippen LogP) is 4.62. The van der Waals surface area contributed by atoms with Gasteiger partial charge >= 0.3 is 0 Å². The van der Waals surface area contributed by atoms with Crippen molar-refractivity contribution in [3.8, 4) is 6.07 Å². The molecule has 0 saturated heterocycles. The van der Waals surface area contributed by atoms with Crippen LogP contribution in [0.25, 0.3) is 10.8 Å². The van der Waals surface area contributed by atoms with E-state index in [-0.39, 0.29) is 5.82 Å². The highest BCUT2D eigenvalue weighted by Crippen LogP contribution is 2.32. The topological polar surface area (TPSA) is 27.0 Å². The van der Waals surface area contributed by atoms with Crippen molar-refractivity contribution in [3.05, 3.63) is 72.0 Å². The lowest BCUT2D eigenvalue weighted by Gasteiger charge is -2.21. The second-order valence-corrected chi connectivity index (χ2v) is 4.83. The number of hydrogen-bond donors (Lipinski definition) is 0. The summed E-state index contributed by atoms with van der Waals surface area (Å²) in [6.45, 7) is 0. The van der Waals surface area contributed by atoms with Crippen molar-refractivity contribution < 1.29 is 4.39 Å². The predicted molar refractivity (Wildman–Crippen MR) is 83.1 cm³/mol. The SMILES string of the molecule is CN(c1cccc(F)c1)c1ccc(C#N)c2ccccc12. The Labute approximate surface area is 122 Å². The van der Waals surface area contributed by atoms with E-state index in [0.717, 1.165) is 22.1 Å². The number of rotatable bonds is 2. The van der Waals surface area contributed by atoms with Crippen LogP contribution in [0.15, 0.2) is 60.7 Å². The number of anilines is 2. The average molecular weight is 276 g/mol. The Kier molecular flexibility index (Phi) is 3.29. The summed E-state index contributed by atoms with van der Waals surface area (Å²) in [6, 6.07) is 20.1. The van der Waals surface area contributed by atoms with Gasteiger partial charge in [-0.25, -0.2) is 4.39 Å². The zero-order chi connectivity index (χ0) is 14.8. The average Bonchev–Trinajstić information content (AvgIpc) is 2.53. The standard InChI is InChI=1S/C18H13FN2/c1-21(15-6-4-5-14(19)11-15)18-10-9-13(12-20)16-7-2-3-8-17(16)18/h2-11H,1H3. The molecule has 21 heavy (non-hydrogen) atoms. The van der Waals surface area contributed by atoms with Crippen molar-refractivity contribution in [2.75, 3.05) is 11.9 Å². The van der Waals surface area contributed by atoms with Gasteiger partial charge in [-0.15, -0.1) is 0 Å². The third-order valence-electron chi connectivity index (χ3n) is 3.58. The lowest BCUT2D eigenvalue weighted by molar-refractivity contribution is 0.628. The molecule has 102 valence electrons. The Bertz CT molecular complexity index is 849. The van der Waals surface area contributed by atoms with Gasteiger partial charge < -0.3 is 4.90 Å². The lowest BCUT2D eigenvalue weighted by atomic mass is 10.0. The van der Waals surface area contributed by atoms with Gasteiger partial charge in [0, 0.05) is 29.2 Å². The van der Waals surface area contributed by atoms with E-state index in [4.69, 9.17) is 0 Å². The molecule has 0 N–H and O–H groups in total. The first kappa shape index (κ1) is 13.1. The van der Waals surface area contributed by atoms with E-state index in [1.807, 2.05) is 48.3 Å².